The van der Waals surface area contributed by atoms with E-state index in [2.05, 4.69) is 5.32 Å². The van der Waals surface area contributed by atoms with Gasteiger partial charge in [0.05, 0.1) is 5.60 Å². The second kappa shape index (κ2) is 4.37. The third kappa shape index (κ3) is 2.13. The summed E-state index contributed by atoms with van der Waals surface area (Å²) in [4.78, 5) is 12.0. The van der Waals surface area contributed by atoms with E-state index in [0.717, 1.165) is 0 Å². The lowest BCUT2D eigenvalue weighted by molar-refractivity contribution is -0.135. The SMILES string of the molecule is COC(C)(C)CCC1(O)C(=O)Nc2ccccc21. The zero-order chi connectivity index (χ0) is 13.4. The molecule has 1 aliphatic heterocycles. The van der Waals surface area contributed by atoms with Crippen molar-refractivity contribution < 1.29 is 14.6 Å². The molecule has 98 valence electrons. The molecule has 0 aromatic heterocycles. The lowest BCUT2D eigenvalue weighted by atomic mass is 9.86. The fourth-order valence-corrected chi connectivity index (χ4v) is 2.13. The summed E-state index contributed by atoms with van der Waals surface area (Å²) >= 11 is 0. The van der Waals surface area contributed by atoms with E-state index in [-0.39, 0.29) is 11.5 Å². The predicted octanol–water partition coefficient (Wildman–Crippen LogP) is 2.03. The average Bonchev–Trinajstić information content (AvgIpc) is 2.61. The molecule has 1 unspecified atom stereocenters. The van der Waals surface area contributed by atoms with E-state index >= 15 is 0 Å². The molecule has 0 radical (unpaired) electrons. The maximum absolute atomic E-state index is 12.0. The molecule has 0 fully saturated rings. The van der Waals surface area contributed by atoms with Crippen LogP contribution in [0.2, 0.25) is 0 Å². The first-order valence-electron chi connectivity index (χ1n) is 6.07. The third-order valence-corrected chi connectivity index (χ3v) is 3.64. The molecule has 0 aliphatic carbocycles. The van der Waals surface area contributed by atoms with Crippen LogP contribution in [0.1, 0.15) is 32.3 Å². The van der Waals surface area contributed by atoms with Gasteiger partial charge in [0.15, 0.2) is 5.60 Å². The van der Waals surface area contributed by atoms with E-state index in [1.807, 2.05) is 26.0 Å². The number of anilines is 1. The molecule has 0 saturated heterocycles. The monoisotopic (exact) mass is 249 g/mol. The zero-order valence-corrected chi connectivity index (χ0v) is 11.0. The van der Waals surface area contributed by atoms with Gasteiger partial charge < -0.3 is 15.2 Å². The van der Waals surface area contributed by atoms with Crippen LogP contribution < -0.4 is 5.32 Å². The Kier molecular flexibility index (Phi) is 3.17. The summed E-state index contributed by atoms with van der Waals surface area (Å²) in [6.07, 6.45) is 0.943. The molecule has 0 saturated carbocycles. The molecule has 1 heterocycles. The first-order chi connectivity index (χ1) is 8.39. The van der Waals surface area contributed by atoms with Gasteiger partial charge in [0.2, 0.25) is 0 Å². The van der Waals surface area contributed by atoms with Crippen molar-refractivity contribution in [3.63, 3.8) is 0 Å². The summed E-state index contributed by atoms with van der Waals surface area (Å²) in [6, 6.07) is 7.25. The highest BCUT2D eigenvalue weighted by Gasteiger charge is 2.45. The molecule has 1 amide bonds. The number of hydrogen-bond donors (Lipinski definition) is 2. The quantitative estimate of drug-likeness (QED) is 0.858. The highest BCUT2D eigenvalue weighted by molar-refractivity contribution is 6.04. The molecular formula is C14H19NO3. The van der Waals surface area contributed by atoms with E-state index in [1.54, 1.807) is 19.2 Å². The molecule has 1 atom stereocenters. The Balaban J connectivity index is 2.23. The zero-order valence-electron chi connectivity index (χ0n) is 11.0. The van der Waals surface area contributed by atoms with Gasteiger partial charge in [-0.3, -0.25) is 4.79 Å². The van der Waals surface area contributed by atoms with Gasteiger partial charge in [-0.05, 0) is 32.8 Å². The van der Waals surface area contributed by atoms with Crippen LogP contribution in [0.5, 0.6) is 0 Å². The first kappa shape index (κ1) is 13.1. The number of ether oxygens (including phenoxy) is 1. The Morgan fingerprint density at radius 1 is 1.39 bits per heavy atom. The summed E-state index contributed by atoms with van der Waals surface area (Å²) in [7, 11) is 1.63. The Morgan fingerprint density at radius 3 is 2.72 bits per heavy atom. The Hall–Kier alpha value is -1.39. The number of rotatable bonds is 4. The number of carbonyl (C=O) groups is 1. The summed E-state index contributed by atoms with van der Waals surface area (Å²) < 4.78 is 5.32. The maximum atomic E-state index is 12.0. The fraction of sp³-hybridized carbons (Fsp3) is 0.500. The normalized spacial score (nSPS) is 22.8. The summed E-state index contributed by atoms with van der Waals surface area (Å²) in [5.74, 6) is -0.351. The number of fused-ring (bicyclic) bond motifs is 1. The topological polar surface area (TPSA) is 58.6 Å². The standard InChI is InChI=1S/C14H19NO3/c1-13(2,18-3)8-9-14(17)10-6-4-5-7-11(10)15-12(14)16/h4-7,17H,8-9H2,1-3H3,(H,15,16). The highest BCUT2D eigenvalue weighted by Crippen LogP contribution is 2.40. The lowest BCUT2D eigenvalue weighted by Crippen LogP contribution is -2.36. The van der Waals surface area contributed by atoms with Crippen molar-refractivity contribution in [3.05, 3.63) is 29.8 Å². The van der Waals surface area contributed by atoms with Gasteiger partial charge in [0.25, 0.3) is 5.91 Å². The molecule has 0 bridgehead atoms. The molecule has 1 aliphatic rings. The average molecular weight is 249 g/mol. The van der Waals surface area contributed by atoms with Crippen LogP contribution in [0.25, 0.3) is 0 Å². The molecule has 0 spiro atoms. The Morgan fingerprint density at radius 2 is 2.06 bits per heavy atom. The van der Waals surface area contributed by atoms with Crippen molar-refractivity contribution in [2.45, 2.75) is 37.9 Å². The number of para-hydroxylation sites is 1. The highest BCUT2D eigenvalue weighted by atomic mass is 16.5. The molecular weight excluding hydrogens is 230 g/mol. The molecule has 1 aromatic carbocycles. The van der Waals surface area contributed by atoms with Gasteiger partial charge in [0, 0.05) is 18.4 Å². The molecule has 2 N–H and O–H groups in total. The fourth-order valence-electron chi connectivity index (χ4n) is 2.13. The van der Waals surface area contributed by atoms with Gasteiger partial charge in [-0.15, -0.1) is 0 Å². The summed E-state index contributed by atoms with van der Waals surface area (Å²) in [6.45, 7) is 3.88. The number of nitrogens with one attached hydrogen (secondary N) is 1. The predicted molar refractivity (Wildman–Crippen MR) is 69.3 cm³/mol. The van der Waals surface area contributed by atoms with E-state index in [9.17, 15) is 9.90 Å². The Labute approximate surface area is 107 Å². The third-order valence-electron chi connectivity index (χ3n) is 3.64. The van der Waals surface area contributed by atoms with Gasteiger partial charge in [0.1, 0.15) is 0 Å². The van der Waals surface area contributed by atoms with Gasteiger partial charge in [-0.1, -0.05) is 18.2 Å². The van der Waals surface area contributed by atoms with E-state index in [1.165, 1.54) is 0 Å². The van der Waals surface area contributed by atoms with E-state index in [0.29, 0.717) is 24.1 Å². The van der Waals surface area contributed by atoms with Gasteiger partial charge in [-0.2, -0.15) is 0 Å². The number of hydrogen-bond acceptors (Lipinski definition) is 3. The smallest absolute Gasteiger partial charge is 0.261 e. The van der Waals surface area contributed by atoms with Crippen LogP contribution in [0.4, 0.5) is 5.69 Å². The summed E-state index contributed by atoms with van der Waals surface area (Å²) in [5.41, 5.74) is -0.443. The molecule has 2 rings (SSSR count). The Bertz CT molecular complexity index is 470. The molecule has 4 heteroatoms. The van der Waals surface area contributed by atoms with Gasteiger partial charge >= 0.3 is 0 Å². The van der Waals surface area contributed by atoms with Crippen LogP contribution in [0.15, 0.2) is 24.3 Å². The van der Waals surface area contributed by atoms with Crippen molar-refractivity contribution >= 4 is 11.6 Å². The lowest BCUT2D eigenvalue weighted by Gasteiger charge is -2.28. The minimum Gasteiger partial charge on any atom is -0.379 e. The molecule has 1 aromatic rings. The van der Waals surface area contributed by atoms with Crippen LogP contribution >= 0.6 is 0 Å². The van der Waals surface area contributed by atoms with Crippen LogP contribution in [-0.4, -0.2) is 23.7 Å². The van der Waals surface area contributed by atoms with Crippen molar-refractivity contribution in [1.82, 2.24) is 0 Å². The number of amides is 1. The van der Waals surface area contributed by atoms with Gasteiger partial charge in [-0.25, -0.2) is 0 Å². The molecule has 18 heavy (non-hydrogen) atoms. The second-order valence-corrected chi connectivity index (χ2v) is 5.32. The van der Waals surface area contributed by atoms with Crippen molar-refractivity contribution in [3.8, 4) is 0 Å². The van der Waals surface area contributed by atoms with Crippen LogP contribution in [0, 0.1) is 0 Å². The largest absolute Gasteiger partial charge is 0.379 e. The molecule has 4 nitrogen and oxygen atoms in total. The minimum absolute atomic E-state index is 0.344. The van der Waals surface area contributed by atoms with E-state index < -0.39 is 5.60 Å². The van der Waals surface area contributed by atoms with Crippen LogP contribution in [0.3, 0.4) is 0 Å². The number of aliphatic hydroxyl groups is 1. The number of benzene rings is 1. The van der Waals surface area contributed by atoms with Crippen molar-refractivity contribution in [1.29, 1.82) is 0 Å². The van der Waals surface area contributed by atoms with Crippen molar-refractivity contribution in [2.75, 3.05) is 12.4 Å². The summed E-state index contributed by atoms with van der Waals surface area (Å²) in [5, 5.41) is 13.3. The second-order valence-electron chi connectivity index (χ2n) is 5.32. The van der Waals surface area contributed by atoms with Crippen molar-refractivity contribution in [2.24, 2.45) is 0 Å². The maximum Gasteiger partial charge on any atom is 0.261 e. The number of methoxy groups -OCH3 is 1. The minimum atomic E-state index is -1.44. The van der Waals surface area contributed by atoms with Crippen LogP contribution in [-0.2, 0) is 15.1 Å². The first-order valence-corrected chi connectivity index (χ1v) is 6.07. The number of carbonyl (C=O) groups excluding carboxylic acids is 1. The van der Waals surface area contributed by atoms with E-state index in [4.69, 9.17) is 4.74 Å².